The van der Waals surface area contributed by atoms with Crippen LogP contribution in [0.1, 0.15) is 44.7 Å². The van der Waals surface area contributed by atoms with E-state index in [2.05, 4.69) is 5.32 Å². The summed E-state index contributed by atoms with van der Waals surface area (Å²) in [4.78, 5) is 25.3. The molecular formula is C32H22Cl2F2N2O3. The Morgan fingerprint density at radius 2 is 1.56 bits per heavy atom. The minimum Gasteiger partial charge on any atom is -0.478 e. The van der Waals surface area contributed by atoms with Crippen LogP contribution in [0.3, 0.4) is 0 Å². The van der Waals surface area contributed by atoms with E-state index in [-0.39, 0.29) is 11.5 Å². The van der Waals surface area contributed by atoms with Gasteiger partial charge in [-0.3, -0.25) is 4.79 Å². The lowest BCUT2D eigenvalue weighted by Gasteiger charge is -2.20. The van der Waals surface area contributed by atoms with Crippen molar-refractivity contribution in [2.75, 3.05) is 0 Å². The van der Waals surface area contributed by atoms with E-state index < -0.39 is 23.1 Å². The normalized spacial score (nSPS) is 13.8. The van der Waals surface area contributed by atoms with Gasteiger partial charge in [0.2, 0.25) is 0 Å². The Labute approximate surface area is 243 Å². The summed E-state index contributed by atoms with van der Waals surface area (Å²) >= 11 is 12.4. The number of aromatic nitrogens is 1. The van der Waals surface area contributed by atoms with Gasteiger partial charge < -0.3 is 15.0 Å². The molecule has 0 spiro atoms. The number of hydrogen-bond donors (Lipinski definition) is 2. The van der Waals surface area contributed by atoms with Gasteiger partial charge in [0, 0.05) is 28.2 Å². The number of benzene rings is 4. The molecule has 6 rings (SSSR count). The van der Waals surface area contributed by atoms with Gasteiger partial charge in [-0.2, -0.15) is 0 Å². The lowest BCUT2D eigenvalue weighted by molar-refractivity contribution is 0.0696. The molecule has 0 bridgehead atoms. The average Bonchev–Trinajstić information content (AvgIpc) is 3.61. The number of carboxylic acids is 1. The fourth-order valence-electron chi connectivity index (χ4n) is 5.22. The molecule has 1 fully saturated rings. The molecule has 0 atom stereocenters. The zero-order valence-corrected chi connectivity index (χ0v) is 22.9. The van der Waals surface area contributed by atoms with Crippen molar-refractivity contribution in [3.63, 3.8) is 0 Å². The molecule has 0 saturated heterocycles. The van der Waals surface area contributed by atoms with Crippen molar-refractivity contribution >= 4 is 46.0 Å². The van der Waals surface area contributed by atoms with Gasteiger partial charge in [-0.05, 0) is 95.8 Å². The number of aromatic carboxylic acids is 1. The fourth-order valence-corrected chi connectivity index (χ4v) is 5.79. The van der Waals surface area contributed by atoms with Crippen molar-refractivity contribution in [1.82, 2.24) is 9.88 Å². The standard InChI is InChI=1S/C32H22Cl2F2N2O3/c33-24-11-18(12-25(34)16-24)17-38-10-7-21-13-22(20-3-6-27(35)28(36)15-20)14-26(29(21)38)30(39)37-32(8-9-32)23-4-1-19(2-5-23)31(40)41/h1-7,10-16H,8-9,17H2,(H,37,39)(H,40,41). The predicted octanol–water partition coefficient (Wildman–Crippen LogP) is 8.06. The van der Waals surface area contributed by atoms with Crippen LogP contribution in [0.5, 0.6) is 0 Å². The molecule has 41 heavy (non-hydrogen) atoms. The fraction of sp³-hybridized carbons (Fsp3) is 0.125. The van der Waals surface area contributed by atoms with Gasteiger partial charge in [-0.1, -0.05) is 41.4 Å². The third-order valence-corrected chi connectivity index (χ3v) is 7.86. The van der Waals surface area contributed by atoms with Crippen molar-refractivity contribution in [3.05, 3.63) is 129 Å². The van der Waals surface area contributed by atoms with Gasteiger partial charge in [-0.15, -0.1) is 0 Å². The van der Waals surface area contributed by atoms with E-state index in [0.29, 0.717) is 51.6 Å². The summed E-state index contributed by atoms with van der Waals surface area (Å²) in [6.07, 6.45) is 3.24. The third kappa shape index (κ3) is 5.31. The van der Waals surface area contributed by atoms with Crippen LogP contribution < -0.4 is 5.32 Å². The van der Waals surface area contributed by atoms with Crippen molar-refractivity contribution in [2.24, 2.45) is 0 Å². The number of halogens is 4. The third-order valence-electron chi connectivity index (χ3n) is 7.42. The van der Waals surface area contributed by atoms with Crippen LogP contribution in [-0.2, 0) is 12.1 Å². The van der Waals surface area contributed by atoms with E-state index >= 15 is 0 Å². The van der Waals surface area contributed by atoms with Crippen LogP contribution in [0.2, 0.25) is 10.0 Å². The zero-order chi connectivity index (χ0) is 28.9. The maximum absolute atomic E-state index is 14.1. The highest BCUT2D eigenvalue weighted by molar-refractivity contribution is 6.34. The van der Waals surface area contributed by atoms with Crippen LogP contribution >= 0.6 is 23.2 Å². The number of nitrogens with zero attached hydrogens (tertiary/aromatic N) is 1. The highest BCUT2D eigenvalue weighted by atomic mass is 35.5. The number of hydrogen-bond acceptors (Lipinski definition) is 2. The van der Waals surface area contributed by atoms with E-state index in [1.54, 1.807) is 36.4 Å². The first-order chi connectivity index (χ1) is 19.6. The summed E-state index contributed by atoms with van der Waals surface area (Å²) in [5.41, 5.74) is 3.18. The van der Waals surface area contributed by atoms with Crippen LogP contribution in [-0.4, -0.2) is 21.6 Å². The largest absolute Gasteiger partial charge is 0.478 e. The molecular weight excluding hydrogens is 569 g/mol. The SMILES string of the molecule is O=C(O)c1ccc(C2(NC(=O)c3cc(-c4ccc(F)c(F)c4)cc4ccn(Cc5cc(Cl)cc(Cl)c5)c34)CC2)cc1. The van der Waals surface area contributed by atoms with Crippen LogP contribution in [0.25, 0.3) is 22.0 Å². The second kappa shape index (κ2) is 10.3. The van der Waals surface area contributed by atoms with E-state index in [4.69, 9.17) is 23.2 Å². The Kier molecular flexibility index (Phi) is 6.80. The first kappa shape index (κ1) is 27.0. The molecule has 0 unspecified atom stereocenters. The Bertz CT molecular complexity index is 1830. The molecule has 1 saturated carbocycles. The molecule has 1 aliphatic rings. The maximum Gasteiger partial charge on any atom is 0.335 e. The number of fused-ring (bicyclic) bond motifs is 1. The van der Waals surface area contributed by atoms with Crippen molar-refractivity contribution in [3.8, 4) is 11.1 Å². The van der Waals surface area contributed by atoms with E-state index in [0.717, 1.165) is 28.6 Å². The zero-order valence-electron chi connectivity index (χ0n) is 21.4. The average molecular weight is 591 g/mol. The minimum atomic E-state index is -1.02. The lowest BCUT2D eigenvalue weighted by atomic mass is 9.98. The number of carboxylic acid groups (broad SMARTS) is 1. The van der Waals surface area contributed by atoms with E-state index in [1.165, 1.54) is 18.2 Å². The van der Waals surface area contributed by atoms with Crippen LogP contribution in [0.4, 0.5) is 8.78 Å². The highest BCUT2D eigenvalue weighted by Gasteiger charge is 2.46. The summed E-state index contributed by atoms with van der Waals surface area (Å²) in [5.74, 6) is -3.30. The minimum absolute atomic E-state index is 0.163. The molecule has 5 nitrogen and oxygen atoms in total. The van der Waals surface area contributed by atoms with Crippen molar-refractivity contribution in [1.29, 1.82) is 0 Å². The van der Waals surface area contributed by atoms with Gasteiger partial charge in [0.15, 0.2) is 11.6 Å². The molecule has 2 N–H and O–H groups in total. The number of carbonyl (C=O) groups is 2. The number of amides is 1. The second-order valence-corrected chi connectivity index (χ2v) is 11.1. The Hall–Kier alpha value is -4.20. The molecule has 1 aromatic heterocycles. The number of rotatable bonds is 7. The Morgan fingerprint density at radius 3 is 2.20 bits per heavy atom. The maximum atomic E-state index is 14.1. The molecule has 9 heteroatoms. The molecule has 1 amide bonds. The second-order valence-electron chi connectivity index (χ2n) is 10.2. The van der Waals surface area contributed by atoms with Crippen molar-refractivity contribution in [2.45, 2.75) is 24.9 Å². The highest BCUT2D eigenvalue weighted by Crippen LogP contribution is 2.46. The van der Waals surface area contributed by atoms with E-state index in [1.807, 2.05) is 22.9 Å². The Morgan fingerprint density at radius 1 is 0.854 bits per heavy atom. The molecule has 0 radical (unpaired) electrons. The number of nitrogens with one attached hydrogen (secondary N) is 1. The van der Waals surface area contributed by atoms with Gasteiger partial charge in [-0.25, -0.2) is 13.6 Å². The molecule has 1 aliphatic carbocycles. The smallest absolute Gasteiger partial charge is 0.335 e. The topological polar surface area (TPSA) is 71.3 Å². The summed E-state index contributed by atoms with van der Waals surface area (Å²) in [5, 5.41) is 14.1. The summed E-state index contributed by atoms with van der Waals surface area (Å²) in [7, 11) is 0. The molecule has 1 heterocycles. The van der Waals surface area contributed by atoms with Crippen LogP contribution in [0, 0.1) is 11.6 Å². The van der Waals surface area contributed by atoms with Gasteiger partial charge in [0.05, 0.1) is 22.2 Å². The molecule has 4 aromatic carbocycles. The molecule has 0 aliphatic heterocycles. The van der Waals surface area contributed by atoms with Crippen LogP contribution in [0.15, 0.2) is 85.1 Å². The van der Waals surface area contributed by atoms with Crippen molar-refractivity contribution < 1.29 is 23.5 Å². The lowest BCUT2D eigenvalue weighted by Crippen LogP contribution is -2.35. The van der Waals surface area contributed by atoms with Gasteiger partial charge in [0.25, 0.3) is 5.91 Å². The molecule has 206 valence electrons. The first-order valence-electron chi connectivity index (χ1n) is 12.8. The van der Waals surface area contributed by atoms with Gasteiger partial charge >= 0.3 is 5.97 Å². The Balaban J connectivity index is 1.43. The molecule has 5 aromatic rings. The summed E-state index contributed by atoms with van der Waals surface area (Å²) in [6, 6.07) is 20.7. The quantitative estimate of drug-likeness (QED) is 0.201. The first-order valence-corrected chi connectivity index (χ1v) is 13.6. The summed E-state index contributed by atoms with van der Waals surface area (Å²) in [6.45, 7) is 0.385. The van der Waals surface area contributed by atoms with Gasteiger partial charge in [0.1, 0.15) is 0 Å². The predicted molar refractivity (Wildman–Crippen MR) is 155 cm³/mol. The monoisotopic (exact) mass is 590 g/mol. The number of carbonyl (C=O) groups excluding carboxylic acids is 1. The summed E-state index contributed by atoms with van der Waals surface area (Å²) < 4.78 is 29.7. The van der Waals surface area contributed by atoms with E-state index in [9.17, 15) is 23.5 Å².